The zero-order valence-corrected chi connectivity index (χ0v) is 22.0. The van der Waals surface area contributed by atoms with Crippen LogP contribution in [0.4, 0.5) is 5.13 Å². The third kappa shape index (κ3) is 5.74. The lowest BCUT2D eigenvalue weighted by atomic mass is 9.96. The van der Waals surface area contributed by atoms with Crippen LogP contribution in [0.1, 0.15) is 29.9 Å². The first-order chi connectivity index (χ1) is 17.8. The van der Waals surface area contributed by atoms with Crippen molar-refractivity contribution in [2.75, 3.05) is 37.9 Å². The van der Waals surface area contributed by atoms with Crippen LogP contribution in [0.2, 0.25) is 0 Å². The van der Waals surface area contributed by atoms with E-state index >= 15 is 0 Å². The highest BCUT2D eigenvalue weighted by atomic mass is 32.2. The van der Waals surface area contributed by atoms with E-state index in [1.165, 1.54) is 40.9 Å². The van der Waals surface area contributed by atoms with Gasteiger partial charge in [-0.15, -0.1) is 11.3 Å². The van der Waals surface area contributed by atoms with Gasteiger partial charge in [0.15, 0.2) is 5.13 Å². The minimum absolute atomic E-state index is 0.0692. The molecule has 1 unspecified atom stereocenters. The quantitative estimate of drug-likeness (QED) is 0.415. The molecule has 11 heteroatoms. The number of nitrogens with zero attached hydrogens (tertiary/aromatic N) is 3. The van der Waals surface area contributed by atoms with Gasteiger partial charge in [0, 0.05) is 42.8 Å². The van der Waals surface area contributed by atoms with Gasteiger partial charge in [0.05, 0.1) is 37.1 Å². The number of thiazole rings is 1. The van der Waals surface area contributed by atoms with E-state index in [1.807, 2.05) is 17.5 Å². The fraction of sp³-hybridized carbons (Fsp3) is 0.346. The SMILES string of the molecule is CS(=O)(=O)n1ccc(C(CC=O)C(=O)Nc2nc(-c3cccc(C4=CCN(C5COC5)CC4)c3)cs2)c1. The van der Waals surface area contributed by atoms with Gasteiger partial charge >= 0.3 is 0 Å². The number of aldehydes is 1. The number of ether oxygens (including phenoxy) is 1. The van der Waals surface area contributed by atoms with E-state index in [9.17, 15) is 18.0 Å². The molecule has 1 aromatic carbocycles. The Bertz CT molecular complexity index is 1440. The molecule has 2 aliphatic heterocycles. The summed E-state index contributed by atoms with van der Waals surface area (Å²) in [5.74, 6) is -1.23. The Balaban J connectivity index is 1.28. The molecule has 0 aliphatic carbocycles. The molecule has 0 radical (unpaired) electrons. The second-order valence-electron chi connectivity index (χ2n) is 9.27. The summed E-state index contributed by atoms with van der Waals surface area (Å²) in [4.78, 5) is 31.3. The van der Waals surface area contributed by atoms with Gasteiger partial charge in [-0.25, -0.2) is 13.4 Å². The van der Waals surface area contributed by atoms with Crippen molar-refractivity contribution in [3.63, 3.8) is 0 Å². The summed E-state index contributed by atoms with van der Waals surface area (Å²) in [7, 11) is -3.48. The van der Waals surface area contributed by atoms with Gasteiger partial charge in [-0.05, 0) is 35.3 Å². The predicted octanol–water partition coefficient (Wildman–Crippen LogP) is 3.22. The largest absolute Gasteiger partial charge is 0.378 e. The van der Waals surface area contributed by atoms with Crippen molar-refractivity contribution in [2.24, 2.45) is 0 Å². The molecule has 1 atom stereocenters. The number of benzene rings is 1. The fourth-order valence-corrected chi connectivity index (χ4v) is 5.86. The van der Waals surface area contributed by atoms with E-state index < -0.39 is 21.8 Å². The molecule has 1 amide bonds. The molecule has 4 heterocycles. The molecule has 0 spiro atoms. The lowest BCUT2D eigenvalue weighted by Gasteiger charge is -2.38. The topological polar surface area (TPSA) is 111 Å². The Morgan fingerprint density at radius 2 is 2.11 bits per heavy atom. The van der Waals surface area contributed by atoms with Crippen LogP contribution in [-0.4, -0.2) is 73.1 Å². The van der Waals surface area contributed by atoms with E-state index in [4.69, 9.17) is 4.74 Å². The average molecular weight is 541 g/mol. The highest BCUT2D eigenvalue weighted by Gasteiger charge is 2.27. The number of aromatic nitrogens is 2. The first kappa shape index (κ1) is 25.5. The highest BCUT2D eigenvalue weighted by Crippen LogP contribution is 2.31. The van der Waals surface area contributed by atoms with E-state index in [-0.39, 0.29) is 6.42 Å². The zero-order valence-electron chi connectivity index (χ0n) is 20.4. The van der Waals surface area contributed by atoms with Gasteiger partial charge in [0.1, 0.15) is 6.29 Å². The van der Waals surface area contributed by atoms with Crippen LogP contribution < -0.4 is 5.32 Å². The summed E-state index contributed by atoms with van der Waals surface area (Å²) in [6.45, 7) is 3.60. The number of carbonyl (C=O) groups is 2. The first-order valence-electron chi connectivity index (χ1n) is 12.0. The Morgan fingerprint density at radius 1 is 1.30 bits per heavy atom. The number of amides is 1. The number of carbonyl (C=O) groups excluding carboxylic acids is 2. The van der Waals surface area contributed by atoms with Crippen LogP contribution >= 0.6 is 11.3 Å². The smallest absolute Gasteiger partial charge is 0.235 e. The third-order valence-corrected chi connectivity index (χ3v) is 8.52. The van der Waals surface area contributed by atoms with Gasteiger partial charge in [-0.2, -0.15) is 0 Å². The predicted molar refractivity (Wildman–Crippen MR) is 143 cm³/mol. The molecule has 0 bridgehead atoms. The van der Waals surface area contributed by atoms with Crippen molar-refractivity contribution in [3.05, 3.63) is 65.3 Å². The average Bonchev–Trinajstić information content (AvgIpc) is 3.52. The third-order valence-electron chi connectivity index (χ3n) is 6.76. The summed E-state index contributed by atoms with van der Waals surface area (Å²) in [6, 6.07) is 10.3. The van der Waals surface area contributed by atoms with E-state index in [2.05, 4.69) is 33.4 Å². The maximum absolute atomic E-state index is 13.0. The van der Waals surface area contributed by atoms with Crippen LogP contribution in [0, 0.1) is 0 Å². The van der Waals surface area contributed by atoms with Crippen LogP contribution in [0.5, 0.6) is 0 Å². The monoisotopic (exact) mass is 540 g/mol. The second kappa shape index (κ2) is 10.7. The summed E-state index contributed by atoms with van der Waals surface area (Å²) in [5, 5.41) is 5.09. The lowest BCUT2D eigenvalue weighted by molar-refractivity contribution is -0.119. The van der Waals surface area contributed by atoms with Crippen LogP contribution in [-0.2, 0) is 24.3 Å². The van der Waals surface area contributed by atoms with Crippen LogP contribution in [0.15, 0.2) is 54.2 Å². The van der Waals surface area contributed by atoms with Crippen molar-refractivity contribution in [1.82, 2.24) is 13.9 Å². The van der Waals surface area contributed by atoms with Crippen LogP contribution in [0.3, 0.4) is 0 Å². The molecule has 1 saturated heterocycles. The Labute approximate surface area is 219 Å². The molecule has 1 fully saturated rings. The molecule has 2 aliphatic rings. The summed E-state index contributed by atoms with van der Waals surface area (Å²) < 4.78 is 29.9. The van der Waals surface area contributed by atoms with Gasteiger partial charge in [-0.1, -0.05) is 24.3 Å². The molecule has 37 heavy (non-hydrogen) atoms. The number of nitrogens with one attached hydrogen (secondary N) is 1. The molecular weight excluding hydrogens is 512 g/mol. The van der Waals surface area contributed by atoms with E-state index in [1.54, 1.807) is 0 Å². The molecule has 3 aromatic rings. The molecule has 5 rings (SSSR count). The maximum Gasteiger partial charge on any atom is 0.235 e. The second-order valence-corrected chi connectivity index (χ2v) is 12.0. The van der Waals surface area contributed by atoms with Crippen molar-refractivity contribution < 1.29 is 22.7 Å². The molecule has 2 aromatic heterocycles. The first-order valence-corrected chi connectivity index (χ1v) is 14.7. The zero-order chi connectivity index (χ0) is 26.0. The molecule has 194 valence electrons. The molecular formula is C26H28N4O5S2. The molecule has 0 saturated carbocycles. The minimum Gasteiger partial charge on any atom is -0.378 e. The maximum atomic E-state index is 13.0. The molecule has 1 N–H and O–H groups in total. The van der Waals surface area contributed by atoms with Gasteiger partial charge in [-0.3, -0.25) is 13.7 Å². The minimum atomic E-state index is -3.48. The van der Waals surface area contributed by atoms with Crippen molar-refractivity contribution in [3.8, 4) is 11.3 Å². The lowest BCUT2D eigenvalue weighted by Crippen LogP contribution is -2.50. The summed E-state index contributed by atoms with van der Waals surface area (Å²) >= 11 is 1.30. The van der Waals surface area contributed by atoms with Crippen molar-refractivity contribution >= 4 is 44.3 Å². The van der Waals surface area contributed by atoms with Gasteiger partial charge in [0.2, 0.25) is 15.9 Å². The van der Waals surface area contributed by atoms with Gasteiger partial charge in [0.25, 0.3) is 0 Å². The van der Waals surface area contributed by atoms with Crippen molar-refractivity contribution in [2.45, 2.75) is 24.8 Å². The highest BCUT2D eigenvalue weighted by molar-refractivity contribution is 7.89. The number of rotatable bonds is 9. The van der Waals surface area contributed by atoms with E-state index in [0.717, 1.165) is 54.2 Å². The van der Waals surface area contributed by atoms with Gasteiger partial charge < -0.3 is 14.8 Å². The Kier molecular flexibility index (Phi) is 7.38. The summed E-state index contributed by atoms with van der Waals surface area (Å²) in [6.07, 6.45) is 7.66. The Morgan fingerprint density at radius 3 is 2.76 bits per heavy atom. The number of anilines is 1. The number of hydrogen-bond acceptors (Lipinski definition) is 8. The van der Waals surface area contributed by atoms with Crippen molar-refractivity contribution in [1.29, 1.82) is 0 Å². The van der Waals surface area contributed by atoms with E-state index in [0.29, 0.717) is 23.0 Å². The summed E-state index contributed by atoms with van der Waals surface area (Å²) in [5.41, 5.74) is 4.65. The Hall–Kier alpha value is -3.12. The normalized spacial score (nSPS) is 17.6. The molecule has 9 nitrogen and oxygen atoms in total. The fourth-order valence-electron chi connectivity index (χ4n) is 4.54. The number of hydrogen-bond donors (Lipinski definition) is 1. The van der Waals surface area contributed by atoms with Crippen LogP contribution in [0.25, 0.3) is 16.8 Å². The standard InChI is InChI=1S/C26H28N4O5S2/c1-37(33,34)30-11-7-21(14-30)23(8-12-31)25(32)28-26-27-24(17-36-26)20-4-2-3-19(13-20)18-5-9-29(10-6-18)22-15-35-16-22/h2-5,7,11-14,17,22-23H,6,8-10,15-16H2,1H3,(H,27,28,32).